The summed E-state index contributed by atoms with van der Waals surface area (Å²) in [7, 11) is 5.03. The monoisotopic (exact) mass is 425 g/mol. The van der Waals surface area contributed by atoms with Crippen molar-refractivity contribution >= 4 is 23.4 Å². The fourth-order valence-corrected chi connectivity index (χ4v) is 3.95. The summed E-state index contributed by atoms with van der Waals surface area (Å²) in [5.74, 6) is -2.28. The molecule has 1 amide bonds. The Morgan fingerprint density at radius 2 is 1.84 bits per heavy atom. The average molecular weight is 425 g/mol. The van der Waals surface area contributed by atoms with E-state index in [1.54, 1.807) is 13.8 Å². The lowest BCUT2D eigenvalue weighted by Gasteiger charge is -2.26. The number of ketones is 1. The molecule has 2 N–H and O–H groups in total. The number of amides is 1. The van der Waals surface area contributed by atoms with Crippen molar-refractivity contribution in [2.45, 2.75) is 19.9 Å². The van der Waals surface area contributed by atoms with E-state index in [1.807, 2.05) is 49.3 Å². The summed E-state index contributed by atoms with van der Waals surface area (Å²) in [6.07, 6.45) is 0. The Morgan fingerprint density at radius 1 is 1.19 bits per heavy atom. The third-order valence-corrected chi connectivity index (χ3v) is 5.51. The van der Waals surface area contributed by atoms with Crippen LogP contribution < -0.4 is 0 Å². The third kappa shape index (κ3) is 3.98. The number of nitrogens with zero attached hydrogens (tertiary/aromatic N) is 2. The van der Waals surface area contributed by atoms with E-state index in [9.17, 15) is 19.5 Å². The second-order valence-corrected chi connectivity index (χ2v) is 7.82. The number of rotatable bonds is 6. The Balaban J connectivity index is 2.20. The molecule has 0 spiro atoms. The first kappa shape index (κ1) is 22.3. The van der Waals surface area contributed by atoms with Crippen LogP contribution in [0.4, 0.5) is 0 Å². The van der Waals surface area contributed by atoms with Gasteiger partial charge in [-0.25, -0.2) is 4.79 Å². The number of hydrogen-bond donors (Lipinski definition) is 2. The zero-order valence-electron chi connectivity index (χ0n) is 18.4. The van der Waals surface area contributed by atoms with E-state index < -0.39 is 23.7 Å². The SMILES string of the molecule is COC(=O)c1[nH]c(C)c(/C(O)=C2\C(=O)C(=O)N(CCN(C)C)C2c2ccccc2)c1C. The molecule has 1 unspecified atom stereocenters. The van der Waals surface area contributed by atoms with Gasteiger partial charge in [0.05, 0.1) is 18.7 Å². The van der Waals surface area contributed by atoms with Gasteiger partial charge in [0, 0.05) is 24.3 Å². The largest absolute Gasteiger partial charge is 0.507 e. The van der Waals surface area contributed by atoms with Crippen LogP contribution in [-0.4, -0.2) is 71.8 Å². The zero-order chi connectivity index (χ0) is 22.9. The van der Waals surface area contributed by atoms with E-state index in [1.165, 1.54) is 12.0 Å². The molecule has 1 saturated heterocycles. The van der Waals surface area contributed by atoms with Gasteiger partial charge in [0.25, 0.3) is 11.7 Å². The number of aliphatic hydroxyl groups excluding tert-OH is 1. The molecule has 0 radical (unpaired) electrons. The van der Waals surface area contributed by atoms with E-state index in [0.29, 0.717) is 29.9 Å². The number of aliphatic hydroxyl groups is 1. The highest BCUT2D eigenvalue weighted by molar-refractivity contribution is 6.46. The second kappa shape index (κ2) is 8.77. The van der Waals surface area contributed by atoms with E-state index in [-0.39, 0.29) is 17.0 Å². The molecule has 0 aliphatic carbocycles. The number of carbonyl (C=O) groups is 3. The number of Topliss-reactive ketones (excluding diaryl/α,β-unsaturated/α-hetero) is 1. The fraction of sp³-hybridized carbons (Fsp3) is 0.348. The van der Waals surface area contributed by atoms with Crippen LogP contribution in [-0.2, 0) is 14.3 Å². The number of nitrogens with one attached hydrogen (secondary N) is 1. The smallest absolute Gasteiger partial charge is 0.354 e. The maximum Gasteiger partial charge on any atom is 0.354 e. The molecule has 31 heavy (non-hydrogen) atoms. The van der Waals surface area contributed by atoms with E-state index >= 15 is 0 Å². The topological polar surface area (TPSA) is 103 Å². The summed E-state index contributed by atoms with van der Waals surface area (Å²) >= 11 is 0. The van der Waals surface area contributed by atoms with Gasteiger partial charge in [-0.15, -0.1) is 0 Å². The lowest BCUT2D eigenvalue weighted by Crippen LogP contribution is -2.35. The van der Waals surface area contributed by atoms with Gasteiger partial charge < -0.3 is 24.6 Å². The maximum atomic E-state index is 13.1. The van der Waals surface area contributed by atoms with Crippen LogP contribution in [0.2, 0.25) is 0 Å². The molecule has 3 rings (SSSR count). The summed E-state index contributed by atoms with van der Waals surface area (Å²) in [4.78, 5) is 44.3. The number of ether oxygens (including phenoxy) is 1. The van der Waals surface area contributed by atoms with Crippen molar-refractivity contribution in [1.29, 1.82) is 0 Å². The molecule has 1 aromatic heterocycles. The number of aromatic amines is 1. The summed E-state index contributed by atoms with van der Waals surface area (Å²) in [6, 6.07) is 8.41. The van der Waals surface area contributed by atoms with Gasteiger partial charge >= 0.3 is 5.97 Å². The molecular formula is C23H27N3O5. The summed E-state index contributed by atoms with van der Waals surface area (Å²) in [6.45, 7) is 4.23. The predicted octanol–water partition coefficient (Wildman–Crippen LogP) is 2.40. The number of H-pyrrole nitrogens is 1. The first-order chi connectivity index (χ1) is 14.7. The number of esters is 1. The number of aromatic nitrogens is 1. The van der Waals surface area contributed by atoms with Crippen molar-refractivity contribution in [2.24, 2.45) is 0 Å². The maximum absolute atomic E-state index is 13.1. The Labute approximate surface area is 181 Å². The van der Waals surface area contributed by atoms with Crippen LogP contribution in [0.15, 0.2) is 35.9 Å². The molecule has 0 saturated carbocycles. The number of benzene rings is 1. The molecular weight excluding hydrogens is 398 g/mol. The van der Waals surface area contributed by atoms with Crippen LogP contribution in [0.3, 0.4) is 0 Å². The quantitative estimate of drug-likeness (QED) is 0.319. The standard InChI is InChI=1S/C23H27N3O5/c1-13-16(14(2)24-18(13)23(30)31-5)20(27)17-19(15-9-7-6-8-10-15)26(12-11-25(3)4)22(29)21(17)28/h6-10,19,24,27H,11-12H2,1-5H3/b20-17+. The van der Waals surface area contributed by atoms with Gasteiger partial charge in [0.15, 0.2) is 0 Å². The number of likely N-dealkylation sites (N-methyl/N-ethyl adjacent to an activating group) is 1. The first-order valence-corrected chi connectivity index (χ1v) is 9.95. The van der Waals surface area contributed by atoms with Gasteiger partial charge in [0.2, 0.25) is 0 Å². The summed E-state index contributed by atoms with van der Waals surface area (Å²) < 4.78 is 4.79. The Kier molecular flexibility index (Phi) is 6.31. The van der Waals surface area contributed by atoms with Crippen LogP contribution in [0.25, 0.3) is 5.76 Å². The van der Waals surface area contributed by atoms with Gasteiger partial charge in [0.1, 0.15) is 11.5 Å². The number of aryl methyl sites for hydroxylation is 1. The molecule has 1 aliphatic rings. The average Bonchev–Trinajstić information content (AvgIpc) is 3.18. The first-order valence-electron chi connectivity index (χ1n) is 9.95. The van der Waals surface area contributed by atoms with Gasteiger partial charge in [-0.1, -0.05) is 30.3 Å². The Hall–Kier alpha value is -3.39. The lowest BCUT2D eigenvalue weighted by atomic mass is 9.94. The molecule has 2 heterocycles. The molecule has 0 bridgehead atoms. The third-order valence-electron chi connectivity index (χ3n) is 5.51. The molecule has 164 valence electrons. The minimum absolute atomic E-state index is 0.0107. The second-order valence-electron chi connectivity index (χ2n) is 7.82. The molecule has 1 fully saturated rings. The highest BCUT2D eigenvalue weighted by Crippen LogP contribution is 2.40. The molecule has 8 nitrogen and oxygen atoms in total. The van der Waals surface area contributed by atoms with Crippen LogP contribution >= 0.6 is 0 Å². The minimum Gasteiger partial charge on any atom is -0.507 e. The van der Waals surface area contributed by atoms with E-state index in [0.717, 1.165) is 5.56 Å². The Bertz CT molecular complexity index is 1050. The molecule has 1 aromatic carbocycles. The highest BCUT2D eigenvalue weighted by atomic mass is 16.5. The molecule has 2 aromatic rings. The van der Waals surface area contributed by atoms with Crippen LogP contribution in [0, 0.1) is 13.8 Å². The van der Waals surface area contributed by atoms with Gasteiger partial charge in [-0.3, -0.25) is 9.59 Å². The van der Waals surface area contributed by atoms with Crippen LogP contribution in [0.5, 0.6) is 0 Å². The summed E-state index contributed by atoms with van der Waals surface area (Å²) in [5, 5.41) is 11.3. The predicted molar refractivity (Wildman–Crippen MR) is 116 cm³/mol. The van der Waals surface area contributed by atoms with Crippen molar-refractivity contribution < 1.29 is 24.2 Å². The van der Waals surface area contributed by atoms with Crippen molar-refractivity contribution in [3.05, 3.63) is 64.0 Å². The number of likely N-dealkylation sites (tertiary alicyclic amines) is 1. The lowest BCUT2D eigenvalue weighted by molar-refractivity contribution is -0.140. The molecule has 8 heteroatoms. The Morgan fingerprint density at radius 3 is 2.42 bits per heavy atom. The van der Waals surface area contributed by atoms with Crippen molar-refractivity contribution in [2.75, 3.05) is 34.3 Å². The molecule has 1 atom stereocenters. The molecule has 1 aliphatic heterocycles. The van der Waals surface area contributed by atoms with Crippen molar-refractivity contribution in [1.82, 2.24) is 14.8 Å². The normalized spacial score (nSPS) is 18.1. The fourth-order valence-electron chi connectivity index (χ4n) is 3.95. The number of hydrogen-bond acceptors (Lipinski definition) is 6. The minimum atomic E-state index is -0.746. The summed E-state index contributed by atoms with van der Waals surface area (Å²) in [5.41, 5.74) is 2.21. The van der Waals surface area contributed by atoms with E-state index in [4.69, 9.17) is 4.74 Å². The number of carbonyl (C=O) groups excluding carboxylic acids is 3. The number of methoxy groups -OCH3 is 1. The zero-order valence-corrected chi connectivity index (χ0v) is 18.4. The highest BCUT2D eigenvalue weighted by Gasteiger charge is 2.46. The van der Waals surface area contributed by atoms with Gasteiger partial charge in [-0.2, -0.15) is 0 Å². The van der Waals surface area contributed by atoms with Crippen molar-refractivity contribution in [3.63, 3.8) is 0 Å². The van der Waals surface area contributed by atoms with E-state index in [2.05, 4.69) is 4.98 Å². The van der Waals surface area contributed by atoms with Gasteiger partial charge in [-0.05, 0) is 39.1 Å². The van der Waals surface area contributed by atoms with Crippen molar-refractivity contribution in [3.8, 4) is 0 Å². The van der Waals surface area contributed by atoms with Crippen LogP contribution in [0.1, 0.15) is 38.9 Å².